The molecule has 1 aromatic carbocycles. The average Bonchev–Trinajstić information content (AvgIpc) is 2.70. The van der Waals surface area contributed by atoms with E-state index in [0.717, 1.165) is 62.7 Å². The van der Waals surface area contributed by atoms with Gasteiger partial charge in [0.05, 0.1) is 30.9 Å². The van der Waals surface area contributed by atoms with Gasteiger partial charge in [0.1, 0.15) is 5.82 Å². The molecule has 4 rings (SSSR count). The van der Waals surface area contributed by atoms with Gasteiger partial charge in [-0.05, 0) is 26.2 Å². The first kappa shape index (κ1) is 19.3. The van der Waals surface area contributed by atoms with E-state index in [0.29, 0.717) is 12.5 Å². The lowest BCUT2D eigenvalue weighted by atomic mass is 10.2. The summed E-state index contributed by atoms with van der Waals surface area (Å²) in [7, 11) is 4.25. The summed E-state index contributed by atoms with van der Waals surface area (Å²) in [5.74, 6) is 1.46. The van der Waals surface area contributed by atoms with Crippen molar-refractivity contribution < 1.29 is 9.47 Å². The quantitative estimate of drug-likeness (QED) is 0.765. The lowest BCUT2D eigenvalue weighted by Gasteiger charge is -2.30. The molecule has 1 aromatic heterocycles. The van der Waals surface area contributed by atoms with Crippen molar-refractivity contribution in [1.29, 1.82) is 0 Å². The van der Waals surface area contributed by atoms with Crippen LogP contribution in [0.5, 0.6) is 0 Å². The fourth-order valence-electron chi connectivity index (χ4n) is 3.69. The van der Waals surface area contributed by atoms with Gasteiger partial charge in [-0.15, -0.1) is 0 Å². The summed E-state index contributed by atoms with van der Waals surface area (Å²) in [6.45, 7) is 6.76. The van der Waals surface area contributed by atoms with Gasteiger partial charge in [0.25, 0.3) is 0 Å². The highest BCUT2D eigenvalue weighted by atomic mass is 16.5. The predicted molar refractivity (Wildman–Crippen MR) is 111 cm³/mol. The second kappa shape index (κ2) is 9.00. The largest absolute Gasteiger partial charge is 0.374 e. The summed E-state index contributed by atoms with van der Waals surface area (Å²) in [5.41, 5.74) is 0.922. The van der Waals surface area contributed by atoms with E-state index in [9.17, 15) is 0 Å². The van der Waals surface area contributed by atoms with E-state index in [1.807, 2.05) is 18.2 Å². The van der Waals surface area contributed by atoms with Crippen LogP contribution in [0.25, 0.3) is 10.9 Å². The maximum Gasteiger partial charge on any atom is 0.225 e. The van der Waals surface area contributed by atoms with E-state index in [4.69, 9.17) is 14.5 Å². The van der Waals surface area contributed by atoms with Crippen molar-refractivity contribution >= 4 is 22.7 Å². The van der Waals surface area contributed by atoms with Gasteiger partial charge in [-0.3, -0.25) is 0 Å². The van der Waals surface area contributed by atoms with Gasteiger partial charge >= 0.3 is 0 Å². The summed E-state index contributed by atoms with van der Waals surface area (Å²) >= 11 is 0. The number of hydrogen-bond donors (Lipinski definition) is 2. The molecule has 28 heavy (non-hydrogen) atoms. The Kier molecular flexibility index (Phi) is 6.21. The number of hydrogen-bond acceptors (Lipinski definition) is 8. The van der Waals surface area contributed by atoms with Crippen molar-refractivity contribution in [1.82, 2.24) is 19.8 Å². The van der Waals surface area contributed by atoms with Crippen molar-refractivity contribution in [2.75, 3.05) is 77.2 Å². The van der Waals surface area contributed by atoms with Gasteiger partial charge < -0.3 is 29.9 Å². The molecule has 0 amide bonds. The van der Waals surface area contributed by atoms with Crippen LogP contribution in [0.1, 0.15) is 0 Å². The molecule has 0 aliphatic carbocycles. The van der Waals surface area contributed by atoms with Crippen LogP contribution in [-0.4, -0.2) is 98.6 Å². The monoisotopic (exact) mass is 386 g/mol. The van der Waals surface area contributed by atoms with Crippen LogP contribution in [0.4, 0.5) is 11.8 Å². The molecule has 8 nitrogen and oxygen atoms in total. The van der Waals surface area contributed by atoms with Gasteiger partial charge in [0.2, 0.25) is 5.95 Å². The summed E-state index contributed by atoms with van der Waals surface area (Å²) < 4.78 is 11.7. The van der Waals surface area contributed by atoms with Crippen LogP contribution in [0.15, 0.2) is 24.3 Å². The molecule has 8 heteroatoms. The van der Waals surface area contributed by atoms with Crippen molar-refractivity contribution in [3.05, 3.63) is 24.3 Å². The first-order chi connectivity index (χ1) is 13.7. The molecule has 2 aromatic rings. The minimum Gasteiger partial charge on any atom is -0.374 e. The summed E-state index contributed by atoms with van der Waals surface area (Å²) in [6, 6.07) is 8.08. The minimum absolute atomic E-state index is 0.149. The van der Waals surface area contributed by atoms with Crippen molar-refractivity contribution in [2.24, 2.45) is 0 Å². The van der Waals surface area contributed by atoms with Crippen LogP contribution in [0, 0.1) is 0 Å². The van der Waals surface area contributed by atoms with Gasteiger partial charge in [-0.2, -0.15) is 4.98 Å². The zero-order valence-corrected chi connectivity index (χ0v) is 16.7. The van der Waals surface area contributed by atoms with Crippen LogP contribution in [0.3, 0.4) is 0 Å². The Morgan fingerprint density at radius 1 is 0.929 bits per heavy atom. The molecular formula is C20H30N6O2. The maximum atomic E-state index is 5.86. The highest BCUT2D eigenvalue weighted by Gasteiger charge is 2.20. The Labute approximate surface area is 166 Å². The number of fused-ring (bicyclic) bond motifs is 1. The van der Waals surface area contributed by atoms with Crippen LogP contribution >= 0.6 is 0 Å². The smallest absolute Gasteiger partial charge is 0.225 e. The second-order valence-corrected chi connectivity index (χ2v) is 7.68. The van der Waals surface area contributed by atoms with Gasteiger partial charge in [-0.1, -0.05) is 12.1 Å². The van der Waals surface area contributed by atoms with Gasteiger partial charge in [0.15, 0.2) is 0 Å². The van der Waals surface area contributed by atoms with Gasteiger partial charge in [0, 0.05) is 44.7 Å². The Hall–Kier alpha value is -2.00. The summed E-state index contributed by atoms with van der Waals surface area (Å²) in [6.07, 6.45) is 0.312. The van der Waals surface area contributed by atoms with Gasteiger partial charge in [-0.25, -0.2) is 4.98 Å². The molecule has 0 bridgehead atoms. The molecule has 2 unspecified atom stereocenters. The van der Waals surface area contributed by atoms with E-state index in [1.54, 1.807) is 0 Å². The Morgan fingerprint density at radius 3 is 2.25 bits per heavy atom. The Morgan fingerprint density at radius 2 is 1.57 bits per heavy atom. The number of benzene rings is 1. The van der Waals surface area contributed by atoms with E-state index >= 15 is 0 Å². The highest BCUT2D eigenvalue weighted by Crippen LogP contribution is 2.22. The molecule has 2 atom stereocenters. The number of nitrogens with zero attached hydrogens (tertiary/aromatic N) is 4. The number of nitrogens with one attached hydrogen (secondary N) is 2. The molecule has 2 aliphatic heterocycles. The molecular weight excluding hydrogens is 356 g/mol. The molecule has 2 N–H and O–H groups in total. The third-order valence-corrected chi connectivity index (χ3v) is 5.27. The zero-order chi connectivity index (χ0) is 19.3. The number of ether oxygens (including phenoxy) is 2. The normalized spacial score (nSPS) is 24.4. The third kappa shape index (κ3) is 4.88. The number of para-hydroxylation sites is 1. The van der Waals surface area contributed by atoms with Crippen molar-refractivity contribution in [2.45, 2.75) is 12.2 Å². The second-order valence-electron chi connectivity index (χ2n) is 7.68. The number of rotatable bonds is 6. The van der Waals surface area contributed by atoms with E-state index in [1.165, 1.54) is 0 Å². The molecule has 2 fully saturated rings. The summed E-state index contributed by atoms with van der Waals surface area (Å²) in [4.78, 5) is 14.0. The number of anilines is 2. The topological polar surface area (TPSA) is 74.8 Å². The first-order valence-electron chi connectivity index (χ1n) is 10.0. The van der Waals surface area contributed by atoms with Crippen molar-refractivity contribution in [3.8, 4) is 0 Å². The molecule has 3 heterocycles. The Balaban J connectivity index is 1.45. The zero-order valence-electron chi connectivity index (χ0n) is 16.7. The molecule has 2 aliphatic rings. The van der Waals surface area contributed by atoms with Crippen molar-refractivity contribution in [3.63, 3.8) is 0 Å². The number of aromatic nitrogens is 2. The predicted octanol–water partition coefficient (Wildman–Crippen LogP) is 1.11. The number of morpholine rings is 2. The standard InChI is InChI=1S/C20H30N6O2/c1-25-7-9-27-15(13-25)11-21-19-17-5-3-4-6-18(17)23-20(24-19)22-12-16-14-26(2)8-10-28-16/h3-6,15-16H,7-14H2,1-2H3,(H2,21,22,23,24). The SMILES string of the molecule is CN1CCOC(CNc2nc(NCC3CN(C)CCO3)c3ccccc3n2)C1. The molecule has 2 saturated heterocycles. The van der Waals surface area contributed by atoms with Crippen LogP contribution in [0.2, 0.25) is 0 Å². The van der Waals surface area contributed by atoms with E-state index in [2.05, 4.69) is 45.6 Å². The Bertz CT molecular complexity index is 788. The lowest BCUT2D eigenvalue weighted by Crippen LogP contribution is -2.43. The summed E-state index contributed by atoms with van der Waals surface area (Å²) in [5, 5.41) is 7.86. The van der Waals surface area contributed by atoms with Crippen LogP contribution < -0.4 is 10.6 Å². The van der Waals surface area contributed by atoms with E-state index < -0.39 is 0 Å². The number of likely N-dealkylation sites (N-methyl/N-ethyl adjacent to an activating group) is 2. The maximum absolute atomic E-state index is 5.86. The lowest BCUT2D eigenvalue weighted by molar-refractivity contribution is -0.0118. The highest BCUT2D eigenvalue weighted by molar-refractivity contribution is 5.90. The molecule has 0 saturated carbocycles. The fraction of sp³-hybridized carbons (Fsp3) is 0.600. The van der Waals surface area contributed by atoms with Crippen LogP contribution in [-0.2, 0) is 9.47 Å². The fourth-order valence-corrected chi connectivity index (χ4v) is 3.69. The minimum atomic E-state index is 0.149. The van der Waals surface area contributed by atoms with E-state index in [-0.39, 0.29) is 12.2 Å². The molecule has 152 valence electrons. The molecule has 0 radical (unpaired) electrons. The molecule has 0 spiro atoms. The average molecular weight is 387 g/mol. The first-order valence-corrected chi connectivity index (χ1v) is 10.0. The third-order valence-electron chi connectivity index (χ3n) is 5.27.